The van der Waals surface area contributed by atoms with E-state index in [9.17, 15) is 4.79 Å². The number of benzene rings is 3. The number of ether oxygens (including phenoxy) is 2. The number of carbonyl (C=O) groups excluding carboxylic acids is 1. The van der Waals surface area contributed by atoms with Crippen LogP contribution in [0.1, 0.15) is 21.5 Å². The first-order valence-electron chi connectivity index (χ1n) is 8.70. The number of hydrogen-bond donors (Lipinski definition) is 1. The SMILES string of the molecule is COc1cc(/C=N\NC(=O)c2ccc(Br)cc2)cc(Br)c1OCc1ccccc1. The Morgan fingerprint density at radius 3 is 2.48 bits per heavy atom. The first-order valence-corrected chi connectivity index (χ1v) is 10.3. The number of hydrazone groups is 1. The molecule has 0 bridgehead atoms. The van der Waals surface area contributed by atoms with Crippen molar-refractivity contribution in [2.75, 3.05) is 7.11 Å². The van der Waals surface area contributed by atoms with Gasteiger partial charge in [-0.3, -0.25) is 4.79 Å². The van der Waals surface area contributed by atoms with Crippen molar-refractivity contribution in [2.45, 2.75) is 6.61 Å². The van der Waals surface area contributed by atoms with E-state index in [1.165, 1.54) is 0 Å². The summed E-state index contributed by atoms with van der Waals surface area (Å²) < 4.78 is 13.0. The molecule has 0 atom stereocenters. The number of amides is 1. The molecule has 0 heterocycles. The van der Waals surface area contributed by atoms with Crippen LogP contribution >= 0.6 is 31.9 Å². The van der Waals surface area contributed by atoms with Crippen LogP contribution in [0.15, 0.2) is 80.8 Å². The number of hydrogen-bond acceptors (Lipinski definition) is 4. The zero-order chi connectivity index (χ0) is 20.6. The number of nitrogens with zero attached hydrogens (tertiary/aromatic N) is 1. The monoisotopic (exact) mass is 516 g/mol. The van der Waals surface area contributed by atoms with E-state index in [1.807, 2.05) is 36.4 Å². The average molecular weight is 518 g/mol. The van der Waals surface area contributed by atoms with E-state index >= 15 is 0 Å². The van der Waals surface area contributed by atoms with Crippen molar-refractivity contribution in [3.63, 3.8) is 0 Å². The second-order valence-corrected chi connectivity index (χ2v) is 7.78. The smallest absolute Gasteiger partial charge is 0.271 e. The van der Waals surface area contributed by atoms with Crippen molar-refractivity contribution in [1.82, 2.24) is 5.43 Å². The van der Waals surface area contributed by atoms with Crippen LogP contribution in [0.25, 0.3) is 0 Å². The summed E-state index contributed by atoms with van der Waals surface area (Å²) in [5.74, 6) is 0.881. The van der Waals surface area contributed by atoms with Crippen molar-refractivity contribution >= 4 is 44.0 Å². The lowest BCUT2D eigenvalue weighted by Crippen LogP contribution is -2.17. The molecule has 0 unspecified atom stereocenters. The lowest BCUT2D eigenvalue weighted by molar-refractivity contribution is 0.0955. The van der Waals surface area contributed by atoms with E-state index in [2.05, 4.69) is 42.4 Å². The Morgan fingerprint density at radius 1 is 1.07 bits per heavy atom. The molecule has 0 aliphatic carbocycles. The van der Waals surface area contributed by atoms with Gasteiger partial charge in [0.1, 0.15) is 6.61 Å². The van der Waals surface area contributed by atoms with E-state index < -0.39 is 0 Å². The first-order chi connectivity index (χ1) is 14.1. The molecule has 3 rings (SSSR count). The topological polar surface area (TPSA) is 59.9 Å². The Balaban J connectivity index is 1.68. The lowest BCUT2D eigenvalue weighted by Gasteiger charge is -2.13. The van der Waals surface area contributed by atoms with Gasteiger partial charge in [0.25, 0.3) is 5.91 Å². The predicted octanol–water partition coefficient (Wildman–Crippen LogP) is 5.56. The van der Waals surface area contributed by atoms with E-state index in [0.717, 1.165) is 20.1 Å². The third-order valence-corrected chi connectivity index (χ3v) is 5.08. The van der Waals surface area contributed by atoms with Crippen molar-refractivity contribution in [2.24, 2.45) is 5.10 Å². The molecule has 0 spiro atoms. The fourth-order valence-electron chi connectivity index (χ4n) is 2.52. The van der Waals surface area contributed by atoms with Gasteiger partial charge < -0.3 is 9.47 Å². The van der Waals surface area contributed by atoms with Gasteiger partial charge in [-0.05, 0) is 63.5 Å². The Hall–Kier alpha value is -2.64. The molecule has 148 valence electrons. The Kier molecular flexibility index (Phi) is 7.43. The van der Waals surface area contributed by atoms with Gasteiger partial charge in [0.2, 0.25) is 0 Å². The number of methoxy groups -OCH3 is 1. The summed E-state index contributed by atoms with van der Waals surface area (Å²) in [6.07, 6.45) is 1.55. The molecule has 3 aromatic carbocycles. The van der Waals surface area contributed by atoms with E-state index in [1.54, 1.807) is 43.7 Å². The Bertz CT molecular complexity index is 1010. The second-order valence-electron chi connectivity index (χ2n) is 6.01. The molecule has 5 nitrogen and oxygen atoms in total. The molecule has 0 saturated carbocycles. The molecule has 1 amide bonds. The van der Waals surface area contributed by atoms with Gasteiger partial charge in [0, 0.05) is 10.0 Å². The molecule has 0 aliphatic rings. The van der Waals surface area contributed by atoms with Gasteiger partial charge in [-0.25, -0.2) is 5.43 Å². The summed E-state index contributed by atoms with van der Waals surface area (Å²) in [7, 11) is 1.58. The average Bonchev–Trinajstić information content (AvgIpc) is 2.73. The van der Waals surface area contributed by atoms with Crippen molar-refractivity contribution in [3.05, 3.63) is 92.4 Å². The number of rotatable bonds is 7. The van der Waals surface area contributed by atoms with E-state index in [4.69, 9.17) is 9.47 Å². The van der Waals surface area contributed by atoms with Crippen LogP contribution in [-0.4, -0.2) is 19.2 Å². The Morgan fingerprint density at radius 2 is 1.79 bits per heavy atom. The van der Waals surface area contributed by atoms with E-state index in [0.29, 0.717) is 23.7 Å². The molecule has 0 aliphatic heterocycles. The van der Waals surface area contributed by atoms with Crippen molar-refractivity contribution in [1.29, 1.82) is 0 Å². The zero-order valence-corrected chi connectivity index (χ0v) is 18.7. The third kappa shape index (κ3) is 5.92. The summed E-state index contributed by atoms with van der Waals surface area (Å²) in [5, 5.41) is 4.03. The maximum Gasteiger partial charge on any atom is 0.271 e. The highest BCUT2D eigenvalue weighted by atomic mass is 79.9. The third-order valence-electron chi connectivity index (χ3n) is 3.96. The molecule has 1 N–H and O–H groups in total. The molecule has 3 aromatic rings. The van der Waals surface area contributed by atoms with Crippen LogP contribution in [0, 0.1) is 0 Å². The van der Waals surface area contributed by atoms with Crippen molar-refractivity contribution < 1.29 is 14.3 Å². The number of carbonyl (C=O) groups is 1. The van der Waals surface area contributed by atoms with Gasteiger partial charge in [-0.1, -0.05) is 46.3 Å². The predicted molar refractivity (Wildman–Crippen MR) is 121 cm³/mol. The molecular weight excluding hydrogens is 500 g/mol. The fraction of sp³-hybridized carbons (Fsp3) is 0.0909. The first kappa shape index (κ1) is 21.1. The molecule has 0 aromatic heterocycles. The lowest BCUT2D eigenvalue weighted by atomic mass is 10.2. The van der Waals surface area contributed by atoms with Gasteiger partial charge in [0.05, 0.1) is 17.8 Å². The molecule has 0 fully saturated rings. The normalized spacial score (nSPS) is 10.7. The number of halogens is 2. The number of nitrogens with one attached hydrogen (secondary N) is 1. The molecular formula is C22H18Br2N2O3. The standard InChI is InChI=1S/C22H18Br2N2O3/c1-28-20-12-16(13-25-26-22(27)17-7-9-18(23)10-8-17)11-19(24)21(20)29-14-15-5-3-2-4-6-15/h2-13H,14H2,1H3,(H,26,27)/b25-13-. The minimum Gasteiger partial charge on any atom is -0.493 e. The summed E-state index contributed by atoms with van der Waals surface area (Å²) in [4.78, 5) is 12.1. The quantitative estimate of drug-likeness (QED) is 0.329. The summed E-state index contributed by atoms with van der Waals surface area (Å²) in [5.41, 5.74) is 4.84. The van der Waals surface area contributed by atoms with Crippen LogP contribution in [0.3, 0.4) is 0 Å². The fourth-order valence-corrected chi connectivity index (χ4v) is 3.35. The summed E-state index contributed by atoms with van der Waals surface area (Å²) in [6.45, 7) is 0.423. The summed E-state index contributed by atoms with van der Waals surface area (Å²) in [6, 6.07) is 20.6. The van der Waals surface area contributed by atoms with Crippen LogP contribution in [0.2, 0.25) is 0 Å². The maximum atomic E-state index is 12.1. The Labute approximate surface area is 186 Å². The highest BCUT2D eigenvalue weighted by Gasteiger charge is 2.12. The molecule has 7 heteroatoms. The zero-order valence-electron chi connectivity index (χ0n) is 15.6. The summed E-state index contributed by atoms with van der Waals surface area (Å²) >= 11 is 6.86. The maximum absolute atomic E-state index is 12.1. The van der Waals surface area contributed by atoms with Crippen LogP contribution in [-0.2, 0) is 6.61 Å². The van der Waals surface area contributed by atoms with E-state index in [-0.39, 0.29) is 5.91 Å². The minimum atomic E-state index is -0.289. The molecule has 0 saturated heterocycles. The largest absolute Gasteiger partial charge is 0.493 e. The highest BCUT2D eigenvalue weighted by Crippen LogP contribution is 2.36. The van der Waals surface area contributed by atoms with Gasteiger partial charge in [0.15, 0.2) is 11.5 Å². The van der Waals surface area contributed by atoms with Crippen LogP contribution in [0.4, 0.5) is 0 Å². The second kappa shape index (κ2) is 10.2. The van der Waals surface area contributed by atoms with Gasteiger partial charge in [-0.15, -0.1) is 0 Å². The minimum absolute atomic E-state index is 0.289. The highest BCUT2D eigenvalue weighted by molar-refractivity contribution is 9.10. The molecule has 29 heavy (non-hydrogen) atoms. The molecule has 0 radical (unpaired) electrons. The van der Waals surface area contributed by atoms with Crippen LogP contribution in [0.5, 0.6) is 11.5 Å². The van der Waals surface area contributed by atoms with Crippen molar-refractivity contribution in [3.8, 4) is 11.5 Å². The van der Waals surface area contributed by atoms with Crippen LogP contribution < -0.4 is 14.9 Å². The van der Waals surface area contributed by atoms with Gasteiger partial charge in [-0.2, -0.15) is 5.10 Å². The van der Waals surface area contributed by atoms with Gasteiger partial charge >= 0.3 is 0 Å².